The van der Waals surface area contributed by atoms with E-state index in [-0.39, 0.29) is 6.61 Å². The predicted molar refractivity (Wildman–Crippen MR) is 64.3 cm³/mol. The average Bonchev–Trinajstić information content (AvgIpc) is 2.32. The van der Waals surface area contributed by atoms with Crippen molar-refractivity contribution in [3.63, 3.8) is 0 Å². The molecule has 0 bridgehead atoms. The second-order valence-corrected chi connectivity index (χ2v) is 6.27. The van der Waals surface area contributed by atoms with E-state index in [2.05, 4.69) is 4.74 Å². The SMILES string of the molecule is CCOC(=O)CC(C)S(=O)(=O)c1cc(F)ccc1F. The maximum atomic E-state index is 13.4. The van der Waals surface area contributed by atoms with Gasteiger partial charge in [-0.3, -0.25) is 4.79 Å². The van der Waals surface area contributed by atoms with E-state index < -0.39 is 44.0 Å². The standard InChI is InChI=1S/C12H14F2O4S/c1-3-18-12(15)6-8(2)19(16,17)11-7-9(13)4-5-10(11)14/h4-5,7-8H,3,6H2,1-2H3. The van der Waals surface area contributed by atoms with Gasteiger partial charge in [0.05, 0.1) is 18.3 Å². The van der Waals surface area contributed by atoms with Crippen LogP contribution in [-0.2, 0) is 19.4 Å². The van der Waals surface area contributed by atoms with Gasteiger partial charge in [-0.15, -0.1) is 0 Å². The highest BCUT2D eigenvalue weighted by molar-refractivity contribution is 7.92. The highest BCUT2D eigenvalue weighted by Gasteiger charge is 2.29. The lowest BCUT2D eigenvalue weighted by molar-refractivity contribution is -0.143. The Morgan fingerprint density at radius 3 is 2.58 bits per heavy atom. The molecule has 1 aromatic carbocycles. The zero-order chi connectivity index (χ0) is 14.6. The molecule has 1 aromatic rings. The van der Waals surface area contributed by atoms with Crippen LogP contribution in [0.15, 0.2) is 23.1 Å². The molecule has 7 heteroatoms. The van der Waals surface area contributed by atoms with Crippen LogP contribution in [0.2, 0.25) is 0 Å². The van der Waals surface area contributed by atoms with Gasteiger partial charge in [0.15, 0.2) is 9.84 Å². The summed E-state index contributed by atoms with van der Waals surface area (Å²) in [6, 6.07) is 2.16. The predicted octanol–water partition coefficient (Wildman–Crippen LogP) is 2.08. The highest BCUT2D eigenvalue weighted by atomic mass is 32.2. The lowest BCUT2D eigenvalue weighted by Crippen LogP contribution is -2.23. The molecular weight excluding hydrogens is 278 g/mol. The summed E-state index contributed by atoms with van der Waals surface area (Å²) < 4.78 is 55.1. The number of hydrogen-bond acceptors (Lipinski definition) is 4. The summed E-state index contributed by atoms with van der Waals surface area (Å²) in [5.41, 5.74) is 0. The molecule has 1 atom stereocenters. The Kier molecular flexibility index (Phi) is 4.99. The Morgan fingerprint density at radius 1 is 1.37 bits per heavy atom. The maximum Gasteiger partial charge on any atom is 0.307 e. The Hall–Kier alpha value is -1.50. The number of carbonyl (C=O) groups is 1. The van der Waals surface area contributed by atoms with E-state index in [0.717, 1.165) is 12.1 Å². The number of sulfone groups is 1. The van der Waals surface area contributed by atoms with Crippen molar-refractivity contribution < 1.29 is 26.7 Å². The molecule has 0 aliphatic heterocycles. The monoisotopic (exact) mass is 292 g/mol. The normalized spacial score (nSPS) is 13.1. The molecule has 4 nitrogen and oxygen atoms in total. The van der Waals surface area contributed by atoms with Crippen LogP contribution < -0.4 is 0 Å². The first-order chi connectivity index (χ1) is 8.78. The van der Waals surface area contributed by atoms with Crippen LogP contribution in [0.4, 0.5) is 8.78 Å². The second-order valence-electron chi connectivity index (χ2n) is 3.94. The molecule has 1 unspecified atom stereocenters. The summed E-state index contributed by atoms with van der Waals surface area (Å²) in [6.45, 7) is 2.96. The van der Waals surface area contributed by atoms with E-state index in [1.165, 1.54) is 6.92 Å². The van der Waals surface area contributed by atoms with Crippen molar-refractivity contribution in [1.29, 1.82) is 0 Å². The Labute approximate surface area is 110 Å². The smallest absolute Gasteiger partial charge is 0.307 e. The molecule has 1 rings (SSSR count). The van der Waals surface area contributed by atoms with Crippen molar-refractivity contribution >= 4 is 15.8 Å². The van der Waals surface area contributed by atoms with Gasteiger partial charge in [-0.25, -0.2) is 17.2 Å². The van der Waals surface area contributed by atoms with Crippen molar-refractivity contribution in [3.8, 4) is 0 Å². The van der Waals surface area contributed by atoms with Gasteiger partial charge in [-0.1, -0.05) is 0 Å². The average molecular weight is 292 g/mol. The van der Waals surface area contributed by atoms with Crippen LogP contribution in [-0.4, -0.2) is 26.2 Å². The fourth-order valence-electron chi connectivity index (χ4n) is 1.48. The van der Waals surface area contributed by atoms with E-state index in [9.17, 15) is 22.0 Å². The molecule has 0 saturated heterocycles. The van der Waals surface area contributed by atoms with Crippen LogP contribution in [0.5, 0.6) is 0 Å². The molecule has 0 spiro atoms. The van der Waals surface area contributed by atoms with E-state index in [0.29, 0.717) is 6.07 Å². The minimum Gasteiger partial charge on any atom is -0.466 e. The van der Waals surface area contributed by atoms with E-state index in [1.54, 1.807) is 6.92 Å². The first kappa shape index (κ1) is 15.6. The number of esters is 1. The molecule has 0 heterocycles. The van der Waals surface area contributed by atoms with Crippen molar-refractivity contribution in [2.75, 3.05) is 6.61 Å². The van der Waals surface area contributed by atoms with Crippen molar-refractivity contribution in [2.24, 2.45) is 0 Å². The van der Waals surface area contributed by atoms with E-state index in [4.69, 9.17) is 0 Å². The number of ether oxygens (including phenoxy) is 1. The molecule has 0 saturated carbocycles. The number of rotatable bonds is 5. The van der Waals surface area contributed by atoms with Crippen molar-refractivity contribution in [1.82, 2.24) is 0 Å². The molecular formula is C12H14F2O4S. The lowest BCUT2D eigenvalue weighted by Gasteiger charge is -2.13. The molecule has 0 N–H and O–H groups in total. The molecule has 0 radical (unpaired) electrons. The van der Waals surface area contributed by atoms with Gasteiger partial charge in [-0.2, -0.15) is 0 Å². The van der Waals surface area contributed by atoms with Gasteiger partial charge in [0.25, 0.3) is 0 Å². The highest BCUT2D eigenvalue weighted by Crippen LogP contribution is 2.22. The largest absolute Gasteiger partial charge is 0.466 e. The number of halogens is 2. The summed E-state index contributed by atoms with van der Waals surface area (Å²) in [5, 5.41) is -1.19. The number of carbonyl (C=O) groups excluding carboxylic acids is 1. The summed E-state index contributed by atoms with van der Waals surface area (Å²) in [5.74, 6) is -2.60. The zero-order valence-corrected chi connectivity index (χ0v) is 11.3. The Morgan fingerprint density at radius 2 is 2.00 bits per heavy atom. The summed E-state index contributed by atoms with van der Waals surface area (Å²) >= 11 is 0. The molecule has 0 aliphatic rings. The van der Waals surface area contributed by atoms with Gasteiger partial charge in [0, 0.05) is 0 Å². The third-order valence-corrected chi connectivity index (χ3v) is 4.64. The fourth-order valence-corrected chi connectivity index (χ4v) is 2.88. The van der Waals surface area contributed by atoms with E-state index >= 15 is 0 Å². The second kappa shape index (κ2) is 6.10. The van der Waals surface area contributed by atoms with Crippen LogP contribution >= 0.6 is 0 Å². The van der Waals surface area contributed by atoms with Crippen LogP contribution in [0.1, 0.15) is 20.3 Å². The first-order valence-electron chi connectivity index (χ1n) is 5.63. The molecule has 0 aromatic heterocycles. The quantitative estimate of drug-likeness (QED) is 0.780. The fraction of sp³-hybridized carbons (Fsp3) is 0.417. The van der Waals surface area contributed by atoms with Crippen LogP contribution in [0, 0.1) is 11.6 Å². The van der Waals surface area contributed by atoms with E-state index in [1.807, 2.05) is 0 Å². The third-order valence-electron chi connectivity index (χ3n) is 2.49. The van der Waals surface area contributed by atoms with Crippen LogP contribution in [0.3, 0.4) is 0 Å². The Bertz CT molecular complexity index is 569. The summed E-state index contributed by atoms with van der Waals surface area (Å²) in [7, 11) is -4.12. The third kappa shape index (κ3) is 3.73. The zero-order valence-electron chi connectivity index (χ0n) is 10.5. The molecule has 19 heavy (non-hydrogen) atoms. The van der Waals surface area contributed by atoms with Crippen LogP contribution in [0.25, 0.3) is 0 Å². The first-order valence-corrected chi connectivity index (χ1v) is 7.18. The number of benzene rings is 1. The molecule has 0 fully saturated rings. The lowest BCUT2D eigenvalue weighted by atomic mass is 10.3. The minimum atomic E-state index is -4.12. The summed E-state index contributed by atoms with van der Waals surface area (Å²) in [4.78, 5) is 10.5. The van der Waals surface area contributed by atoms with Crippen molar-refractivity contribution in [2.45, 2.75) is 30.4 Å². The van der Waals surface area contributed by atoms with Gasteiger partial charge in [0.2, 0.25) is 0 Å². The molecule has 0 amide bonds. The summed E-state index contributed by atoms with van der Waals surface area (Å²) in [6.07, 6.45) is -0.411. The van der Waals surface area contributed by atoms with Gasteiger partial charge in [-0.05, 0) is 32.0 Å². The van der Waals surface area contributed by atoms with Gasteiger partial charge in [0.1, 0.15) is 16.5 Å². The van der Waals surface area contributed by atoms with Gasteiger partial charge < -0.3 is 4.74 Å². The Balaban J connectivity index is 3.03. The van der Waals surface area contributed by atoms with Crippen molar-refractivity contribution in [3.05, 3.63) is 29.8 Å². The topological polar surface area (TPSA) is 60.4 Å². The minimum absolute atomic E-state index is 0.125. The maximum absolute atomic E-state index is 13.4. The molecule has 0 aliphatic carbocycles. The molecule has 106 valence electrons. The number of hydrogen-bond donors (Lipinski definition) is 0. The van der Waals surface area contributed by atoms with Gasteiger partial charge >= 0.3 is 5.97 Å².